The Balaban J connectivity index is 0.913. The minimum atomic E-state index is -0.447. The first-order chi connectivity index (χ1) is 35.2. The summed E-state index contributed by atoms with van der Waals surface area (Å²) in [5.41, 5.74) is 21.7. The number of hydrogen-bond donors (Lipinski definition) is 0. The van der Waals surface area contributed by atoms with E-state index >= 15 is 0 Å². The minimum Gasteiger partial charge on any atom is -0.310 e. The summed E-state index contributed by atoms with van der Waals surface area (Å²) in [6.07, 6.45) is 0. The van der Waals surface area contributed by atoms with E-state index in [4.69, 9.17) is 0 Å². The fourth-order valence-electron chi connectivity index (χ4n) is 12.5. The summed E-state index contributed by atoms with van der Waals surface area (Å²) in [5, 5.41) is 7.49. The van der Waals surface area contributed by atoms with Gasteiger partial charge in [-0.05, 0) is 132 Å². The second-order valence-electron chi connectivity index (χ2n) is 19.2. The first-order valence-electron chi connectivity index (χ1n) is 24.7. The average Bonchev–Trinajstić information content (AvgIpc) is 4.06. The molecule has 0 saturated heterocycles. The van der Waals surface area contributed by atoms with Crippen molar-refractivity contribution in [3.05, 3.63) is 289 Å². The molecule has 0 fully saturated rings. The summed E-state index contributed by atoms with van der Waals surface area (Å²) in [7, 11) is 0. The topological polar surface area (TPSA) is 8.17 Å². The maximum absolute atomic E-state index is 2.48. The van der Waals surface area contributed by atoms with E-state index in [-0.39, 0.29) is 0 Å². The lowest BCUT2D eigenvalue weighted by atomic mass is 9.70. The fourth-order valence-corrected chi connectivity index (χ4v) is 12.5. The molecule has 1 spiro atoms. The number of fused-ring (bicyclic) bond motifs is 16. The number of aromatic nitrogens is 1. The van der Waals surface area contributed by atoms with Crippen molar-refractivity contribution < 1.29 is 0 Å². The van der Waals surface area contributed by atoms with Gasteiger partial charge in [0, 0.05) is 38.8 Å². The summed E-state index contributed by atoms with van der Waals surface area (Å²) < 4.78 is 2.45. The van der Waals surface area contributed by atoms with Crippen molar-refractivity contribution >= 4 is 60.4 Å². The van der Waals surface area contributed by atoms with Crippen LogP contribution in [0.5, 0.6) is 0 Å². The maximum Gasteiger partial charge on any atom is 0.0726 e. The Labute approximate surface area is 412 Å². The molecule has 2 aliphatic carbocycles. The molecule has 0 N–H and O–H groups in total. The molecule has 2 nitrogen and oxygen atoms in total. The molecule has 0 radical (unpaired) electrons. The first kappa shape index (κ1) is 39.7. The van der Waals surface area contributed by atoms with Crippen molar-refractivity contribution in [2.75, 3.05) is 4.90 Å². The van der Waals surface area contributed by atoms with Crippen molar-refractivity contribution in [1.82, 2.24) is 4.57 Å². The van der Waals surface area contributed by atoms with Gasteiger partial charge in [0.05, 0.1) is 22.1 Å². The number of nitrogens with zero attached hydrogens (tertiary/aromatic N) is 2. The molecular formula is C69H44N2. The number of benzene rings is 12. The predicted molar refractivity (Wildman–Crippen MR) is 298 cm³/mol. The fraction of sp³-hybridized carbons (Fsp3) is 0.0145. The van der Waals surface area contributed by atoms with Crippen LogP contribution < -0.4 is 4.90 Å². The Bertz CT molecular complexity index is 4230. The second kappa shape index (κ2) is 15.4. The third-order valence-electron chi connectivity index (χ3n) is 15.6. The average molecular weight is 901 g/mol. The van der Waals surface area contributed by atoms with Crippen LogP contribution in [0.4, 0.5) is 17.1 Å². The number of anilines is 3. The zero-order valence-electron chi connectivity index (χ0n) is 38.8. The lowest BCUT2D eigenvalue weighted by molar-refractivity contribution is 0.794. The molecule has 0 bridgehead atoms. The summed E-state index contributed by atoms with van der Waals surface area (Å²) in [4.78, 5) is 2.48. The SMILES string of the molecule is c1ccc(-n2c3cc(-c4ccc(N(c5ccc(-c6ccc7ccccc7c6)cc5)c5cccc6c5-c5ccccc5C65c6ccccc6-c6ccccc65)cc4)ccc3c3ccc4ccccc4c32)cc1. The van der Waals surface area contributed by atoms with Gasteiger partial charge >= 0.3 is 0 Å². The summed E-state index contributed by atoms with van der Waals surface area (Å²) in [6.45, 7) is 0. The Kier molecular flexibility index (Phi) is 8.61. The molecule has 0 unspecified atom stereocenters. The molecule has 0 amide bonds. The molecule has 0 aliphatic heterocycles. The molecule has 2 heteroatoms. The van der Waals surface area contributed by atoms with Gasteiger partial charge in [0.2, 0.25) is 0 Å². The molecular weight excluding hydrogens is 857 g/mol. The van der Waals surface area contributed by atoms with E-state index in [0.29, 0.717) is 0 Å². The maximum atomic E-state index is 2.48. The zero-order valence-corrected chi connectivity index (χ0v) is 38.8. The lowest BCUT2D eigenvalue weighted by Gasteiger charge is -2.32. The number of para-hydroxylation sites is 1. The van der Waals surface area contributed by atoms with Crippen LogP contribution in [-0.2, 0) is 5.41 Å². The van der Waals surface area contributed by atoms with Crippen LogP contribution in [0.2, 0.25) is 0 Å². The van der Waals surface area contributed by atoms with E-state index in [1.54, 1.807) is 0 Å². The van der Waals surface area contributed by atoms with E-state index in [1.807, 2.05) is 0 Å². The van der Waals surface area contributed by atoms with Crippen LogP contribution in [0.1, 0.15) is 22.3 Å². The Morgan fingerprint density at radius 3 is 1.52 bits per heavy atom. The zero-order chi connectivity index (χ0) is 46.6. The van der Waals surface area contributed by atoms with Gasteiger partial charge in [0.25, 0.3) is 0 Å². The van der Waals surface area contributed by atoms with E-state index < -0.39 is 5.41 Å². The van der Waals surface area contributed by atoms with Gasteiger partial charge < -0.3 is 9.47 Å². The quantitative estimate of drug-likeness (QED) is 0.161. The van der Waals surface area contributed by atoms with Gasteiger partial charge in [-0.15, -0.1) is 0 Å². The Morgan fingerprint density at radius 2 is 0.817 bits per heavy atom. The van der Waals surface area contributed by atoms with Crippen molar-refractivity contribution in [3.8, 4) is 50.2 Å². The van der Waals surface area contributed by atoms with Crippen LogP contribution in [0.25, 0.3) is 93.5 Å². The second-order valence-corrected chi connectivity index (χ2v) is 19.2. The van der Waals surface area contributed by atoms with Crippen LogP contribution in [-0.4, -0.2) is 4.57 Å². The van der Waals surface area contributed by atoms with Gasteiger partial charge in [-0.3, -0.25) is 0 Å². The molecule has 12 aromatic carbocycles. The third kappa shape index (κ3) is 5.77. The molecule has 1 heterocycles. The standard InChI is InChI=1S/C69H44N2/c1-2-18-52(19-3-1)71-66-44-51(36-41-58(66)59-42-35-48-16-6-7-20-55(48)68(59)71)47-33-39-54(40-34-47)70(53-37-31-46(32-38-53)50-30-29-45-15-4-5-17-49(45)43-50)65-28-14-27-64-67(65)60-23-10-13-26-63(60)69(64)61-24-11-8-21-56(61)57-22-9-12-25-62(57)69/h1-44H. The van der Waals surface area contributed by atoms with Gasteiger partial charge in [-0.2, -0.15) is 0 Å². The molecule has 1 aromatic heterocycles. The highest BCUT2D eigenvalue weighted by atomic mass is 15.1. The highest BCUT2D eigenvalue weighted by Gasteiger charge is 2.52. The highest BCUT2D eigenvalue weighted by Crippen LogP contribution is 2.64. The van der Waals surface area contributed by atoms with Crippen LogP contribution >= 0.6 is 0 Å². The van der Waals surface area contributed by atoms with Crippen molar-refractivity contribution in [1.29, 1.82) is 0 Å². The highest BCUT2D eigenvalue weighted by molar-refractivity contribution is 6.19. The van der Waals surface area contributed by atoms with Gasteiger partial charge in [-0.25, -0.2) is 0 Å². The molecule has 330 valence electrons. The van der Waals surface area contributed by atoms with E-state index in [0.717, 1.165) is 22.7 Å². The number of hydrogen-bond acceptors (Lipinski definition) is 1. The Hall–Kier alpha value is -9.24. The van der Waals surface area contributed by atoms with Crippen LogP contribution in [0.15, 0.2) is 267 Å². The van der Waals surface area contributed by atoms with Gasteiger partial charge in [0.1, 0.15) is 0 Å². The molecule has 71 heavy (non-hydrogen) atoms. The van der Waals surface area contributed by atoms with Gasteiger partial charge in [0.15, 0.2) is 0 Å². The van der Waals surface area contributed by atoms with Crippen molar-refractivity contribution in [3.63, 3.8) is 0 Å². The van der Waals surface area contributed by atoms with Crippen LogP contribution in [0.3, 0.4) is 0 Å². The number of rotatable bonds is 6. The normalized spacial score (nSPS) is 12.9. The molecule has 0 atom stereocenters. The summed E-state index contributed by atoms with van der Waals surface area (Å²) in [6, 6.07) is 99.1. The molecule has 2 aliphatic rings. The van der Waals surface area contributed by atoms with E-state index in [1.165, 1.54) is 110 Å². The molecule has 15 rings (SSSR count). The third-order valence-corrected chi connectivity index (χ3v) is 15.6. The molecule has 0 saturated carbocycles. The lowest BCUT2D eigenvalue weighted by Crippen LogP contribution is -2.26. The minimum absolute atomic E-state index is 0.447. The first-order valence-corrected chi connectivity index (χ1v) is 24.7. The summed E-state index contributed by atoms with van der Waals surface area (Å²) >= 11 is 0. The van der Waals surface area contributed by atoms with Crippen molar-refractivity contribution in [2.24, 2.45) is 0 Å². The smallest absolute Gasteiger partial charge is 0.0726 e. The largest absolute Gasteiger partial charge is 0.310 e. The Morgan fingerprint density at radius 1 is 0.310 bits per heavy atom. The van der Waals surface area contributed by atoms with Crippen LogP contribution in [0, 0.1) is 0 Å². The van der Waals surface area contributed by atoms with E-state index in [2.05, 4.69) is 276 Å². The van der Waals surface area contributed by atoms with Crippen molar-refractivity contribution in [2.45, 2.75) is 5.41 Å². The van der Waals surface area contributed by atoms with E-state index in [9.17, 15) is 0 Å². The monoisotopic (exact) mass is 900 g/mol. The predicted octanol–water partition coefficient (Wildman–Crippen LogP) is 18.2. The molecule has 13 aromatic rings. The summed E-state index contributed by atoms with van der Waals surface area (Å²) in [5.74, 6) is 0. The van der Waals surface area contributed by atoms with Gasteiger partial charge in [-0.1, -0.05) is 212 Å².